The number of aromatic nitrogens is 5. The van der Waals surface area contributed by atoms with Gasteiger partial charge in [0.2, 0.25) is 0 Å². The molecule has 0 amide bonds. The second kappa shape index (κ2) is 13.2. The van der Waals surface area contributed by atoms with Gasteiger partial charge in [0, 0.05) is 74.1 Å². The van der Waals surface area contributed by atoms with E-state index in [-0.39, 0.29) is 0 Å². The van der Waals surface area contributed by atoms with E-state index in [9.17, 15) is 0 Å². The number of hydrogen-bond donors (Lipinski definition) is 0. The summed E-state index contributed by atoms with van der Waals surface area (Å²) in [6.45, 7) is 0. The van der Waals surface area contributed by atoms with Gasteiger partial charge in [-0.2, -0.15) is 0 Å². The molecule has 0 fully saturated rings. The zero-order valence-electron chi connectivity index (χ0n) is 30.5. The summed E-state index contributed by atoms with van der Waals surface area (Å²) in [5.41, 5.74) is 16.8. The van der Waals surface area contributed by atoms with Crippen LogP contribution in [-0.2, 0) is 6.42 Å². The summed E-state index contributed by atoms with van der Waals surface area (Å²) in [7, 11) is 0. The second-order valence-electron chi connectivity index (χ2n) is 14.4. The normalized spacial score (nSPS) is 12.4. The highest BCUT2D eigenvalue weighted by atomic mass is 15.0. The van der Waals surface area contributed by atoms with Gasteiger partial charge in [-0.1, -0.05) is 84.9 Å². The fourth-order valence-electron chi connectivity index (χ4n) is 8.59. The maximum absolute atomic E-state index is 4.95. The van der Waals surface area contributed by atoms with Crippen LogP contribution in [0.1, 0.15) is 17.7 Å². The van der Waals surface area contributed by atoms with Gasteiger partial charge in [-0.25, -0.2) is 4.98 Å². The highest BCUT2D eigenvalue weighted by Crippen LogP contribution is 2.41. The second-order valence-corrected chi connectivity index (χ2v) is 14.4. The largest absolute Gasteiger partial charge is 0.312 e. The monoisotopic (exact) mass is 717 g/mol. The average molecular weight is 718 g/mol. The third-order valence-corrected chi connectivity index (χ3v) is 11.1. The number of benzene rings is 5. The molecule has 0 radical (unpaired) electrons. The standard InChI is InChI=1S/C51H35N5/c1-2-12-39(13-3-1)55-48-20-5-4-14-42(48)44-16-10-15-41(50(44)55)35-23-26-43-45-17-11-29-54-51(45)56(49(43)33-35)40-24-21-34(22-25-40)36-30-37(46-18-6-8-27-52-46)32-38(31-36)47-19-7-9-28-53-47/h1-4,6-19,21-33H,5,20H2. The van der Waals surface area contributed by atoms with E-state index in [2.05, 4.69) is 159 Å². The molecule has 0 atom stereocenters. The molecule has 0 saturated carbocycles. The summed E-state index contributed by atoms with van der Waals surface area (Å²) in [5.74, 6) is 0. The van der Waals surface area contributed by atoms with Crippen LogP contribution in [0.25, 0.3) is 95.1 Å². The number of fused-ring (bicyclic) bond motifs is 6. The predicted molar refractivity (Wildman–Crippen MR) is 230 cm³/mol. The number of hydrogen-bond acceptors (Lipinski definition) is 3. The number of pyridine rings is 3. The Balaban J connectivity index is 1.07. The first-order chi connectivity index (χ1) is 27.8. The average Bonchev–Trinajstić information content (AvgIpc) is 3.80. The predicted octanol–water partition coefficient (Wildman–Crippen LogP) is 12.5. The van der Waals surface area contributed by atoms with Crippen LogP contribution in [0.2, 0.25) is 0 Å². The van der Waals surface area contributed by atoms with Gasteiger partial charge in [0.05, 0.1) is 22.4 Å². The molecule has 0 unspecified atom stereocenters. The Morgan fingerprint density at radius 3 is 1.88 bits per heavy atom. The van der Waals surface area contributed by atoms with Crippen LogP contribution in [0.4, 0.5) is 0 Å². The van der Waals surface area contributed by atoms with Crippen molar-refractivity contribution in [2.45, 2.75) is 12.8 Å². The van der Waals surface area contributed by atoms with E-state index in [0.29, 0.717) is 0 Å². The minimum atomic E-state index is 0.929. The lowest BCUT2D eigenvalue weighted by Crippen LogP contribution is -2.03. The molecule has 5 heterocycles. The smallest absolute Gasteiger partial charge is 0.145 e. The van der Waals surface area contributed by atoms with Gasteiger partial charge in [0.1, 0.15) is 5.65 Å². The van der Waals surface area contributed by atoms with Crippen molar-refractivity contribution in [1.29, 1.82) is 0 Å². The van der Waals surface area contributed by atoms with Crippen molar-refractivity contribution in [3.63, 3.8) is 0 Å². The van der Waals surface area contributed by atoms with Crippen molar-refractivity contribution in [3.8, 4) is 56.1 Å². The minimum Gasteiger partial charge on any atom is -0.312 e. The molecule has 5 aromatic heterocycles. The van der Waals surface area contributed by atoms with Gasteiger partial charge in [0.15, 0.2) is 0 Å². The van der Waals surface area contributed by atoms with Crippen LogP contribution in [-0.4, -0.2) is 24.1 Å². The van der Waals surface area contributed by atoms with Gasteiger partial charge in [-0.15, -0.1) is 0 Å². The van der Waals surface area contributed by atoms with Crippen LogP contribution >= 0.6 is 0 Å². The van der Waals surface area contributed by atoms with Crippen molar-refractivity contribution in [2.75, 3.05) is 0 Å². The van der Waals surface area contributed by atoms with E-state index in [1.54, 1.807) is 0 Å². The fraction of sp³-hybridized carbons (Fsp3) is 0.0392. The summed E-state index contributed by atoms with van der Waals surface area (Å²) < 4.78 is 4.80. The molecule has 0 bridgehead atoms. The van der Waals surface area contributed by atoms with E-state index in [0.717, 1.165) is 68.7 Å². The lowest BCUT2D eigenvalue weighted by atomic mass is 9.96. The highest BCUT2D eigenvalue weighted by Gasteiger charge is 2.22. The Labute approximate surface area is 324 Å². The summed E-state index contributed by atoms with van der Waals surface area (Å²) in [6, 6.07) is 56.2. The molecule has 0 aliphatic heterocycles. The number of allylic oxidation sites excluding steroid dienone is 1. The summed E-state index contributed by atoms with van der Waals surface area (Å²) >= 11 is 0. The zero-order valence-corrected chi connectivity index (χ0v) is 30.5. The van der Waals surface area contributed by atoms with Crippen molar-refractivity contribution in [1.82, 2.24) is 24.1 Å². The Morgan fingerprint density at radius 1 is 0.446 bits per heavy atom. The van der Waals surface area contributed by atoms with Crippen LogP contribution in [0.5, 0.6) is 0 Å². The molecule has 1 aliphatic rings. The lowest BCUT2D eigenvalue weighted by Gasteiger charge is -2.15. The third kappa shape index (κ3) is 5.28. The van der Waals surface area contributed by atoms with Crippen molar-refractivity contribution < 1.29 is 0 Å². The summed E-state index contributed by atoms with van der Waals surface area (Å²) in [4.78, 5) is 14.3. The number of nitrogens with zero attached hydrogens (tertiary/aromatic N) is 5. The Bertz CT molecular complexity index is 3050. The molecule has 0 N–H and O–H groups in total. The molecular weight excluding hydrogens is 683 g/mol. The molecule has 1 aliphatic carbocycles. The molecule has 264 valence electrons. The molecule has 5 heteroatoms. The van der Waals surface area contributed by atoms with Gasteiger partial charge in [0.25, 0.3) is 0 Å². The van der Waals surface area contributed by atoms with E-state index >= 15 is 0 Å². The molecule has 0 spiro atoms. The third-order valence-electron chi connectivity index (χ3n) is 11.1. The van der Waals surface area contributed by atoms with Crippen LogP contribution in [0.3, 0.4) is 0 Å². The molecule has 56 heavy (non-hydrogen) atoms. The highest BCUT2D eigenvalue weighted by molar-refractivity contribution is 6.10. The van der Waals surface area contributed by atoms with Gasteiger partial charge >= 0.3 is 0 Å². The SMILES string of the molecule is C1=Cc2c(n(-c3ccccc3)c3c(-c4ccc5c6cccnc6n(-c6ccc(-c7cc(-c8ccccn8)cc(-c8ccccn8)c7)cc6)c5c4)cccc23)CC1. The first-order valence-electron chi connectivity index (χ1n) is 19.1. The summed E-state index contributed by atoms with van der Waals surface area (Å²) in [5, 5.41) is 3.60. The van der Waals surface area contributed by atoms with Crippen molar-refractivity contribution in [3.05, 3.63) is 194 Å². The van der Waals surface area contributed by atoms with Crippen LogP contribution < -0.4 is 0 Å². The van der Waals surface area contributed by atoms with Gasteiger partial charge in [-0.3, -0.25) is 14.5 Å². The maximum atomic E-state index is 4.95. The molecule has 5 aromatic carbocycles. The van der Waals surface area contributed by atoms with Crippen LogP contribution in [0.15, 0.2) is 182 Å². The molecular formula is C51H35N5. The Morgan fingerprint density at radius 2 is 1.12 bits per heavy atom. The van der Waals surface area contributed by atoms with E-state index < -0.39 is 0 Å². The lowest BCUT2D eigenvalue weighted by molar-refractivity contribution is 0.889. The quantitative estimate of drug-likeness (QED) is 0.172. The topological polar surface area (TPSA) is 48.5 Å². The van der Waals surface area contributed by atoms with Gasteiger partial charge < -0.3 is 4.57 Å². The first-order valence-corrected chi connectivity index (χ1v) is 19.1. The Kier molecular flexibility index (Phi) is 7.56. The van der Waals surface area contributed by atoms with E-state index in [4.69, 9.17) is 4.98 Å². The molecule has 5 nitrogen and oxygen atoms in total. The van der Waals surface area contributed by atoms with E-state index in [1.807, 2.05) is 48.9 Å². The molecule has 11 rings (SSSR count). The fourth-order valence-corrected chi connectivity index (χ4v) is 8.59. The van der Waals surface area contributed by atoms with Crippen molar-refractivity contribution >= 4 is 38.9 Å². The number of para-hydroxylation sites is 2. The zero-order chi connectivity index (χ0) is 37.0. The van der Waals surface area contributed by atoms with Crippen molar-refractivity contribution in [2.24, 2.45) is 0 Å². The molecule has 10 aromatic rings. The molecule has 0 saturated heterocycles. The van der Waals surface area contributed by atoms with Gasteiger partial charge in [-0.05, 0) is 114 Å². The summed E-state index contributed by atoms with van der Waals surface area (Å²) in [6.07, 6.45) is 12.3. The first kappa shape index (κ1) is 32.1. The minimum absolute atomic E-state index is 0.929. The Hall–Kier alpha value is -7.37. The van der Waals surface area contributed by atoms with Crippen LogP contribution in [0, 0.1) is 0 Å². The maximum Gasteiger partial charge on any atom is 0.145 e. The number of rotatable bonds is 6. The van der Waals surface area contributed by atoms with E-state index in [1.165, 1.54) is 44.4 Å².